The van der Waals surface area contributed by atoms with Gasteiger partial charge >= 0.3 is 0 Å². The van der Waals surface area contributed by atoms with Crippen LogP contribution in [-0.2, 0) is 10.1 Å². The van der Waals surface area contributed by atoms with Gasteiger partial charge in [0.1, 0.15) is 10.6 Å². The standard InChI is InChI=1S/C16H12BrN3O3S/c17-10-5-7-11(8-6-10)19-20-14-9-15(24(21,22)23)12-3-1-2-4-13(12)16(14)18/h1-9H,18H2,(H,21,22,23)/b20-19+. The second-order valence-electron chi connectivity index (χ2n) is 5.00. The maximum Gasteiger partial charge on any atom is 0.295 e. The fourth-order valence-electron chi connectivity index (χ4n) is 2.27. The number of nitrogens with two attached hydrogens (primary N) is 1. The lowest BCUT2D eigenvalue weighted by Crippen LogP contribution is -2.01. The van der Waals surface area contributed by atoms with Crippen LogP contribution < -0.4 is 5.73 Å². The molecular weight excluding hydrogens is 394 g/mol. The van der Waals surface area contributed by atoms with Gasteiger partial charge in [-0.3, -0.25) is 4.55 Å². The van der Waals surface area contributed by atoms with Crippen molar-refractivity contribution in [3.8, 4) is 0 Å². The van der Waals surface area contributed by atoms with Crippen LogP contribution in [0.2, 0.25) is 0 Å². The first-order chi connectivity index (χ1) is 11.4. The molecule has 0 radical (unpaired) electrons. The summed E-state index contributed by atoms with van der Waals surface area (Å²) < 4.78 is 33.7. The quantitative estimate of drug-likeness (QED) is 0.369. The number of hydrogen-bond acceptors (Lipinski definition) is 5. The van der Waals surface area contributed by atoms with Crippen LogP contribution in [0.25, 0.3) is 10.8 Å². The zero-order valence-corrected chi connectivity index (χ0v) is 14.6. The summed E-state index contributed by atoms with van der Waals surface area (Å²) in [6.07, 6.45) is 0. The van der Waals surface area contributed by atoms with Crippen molar-refractivity contribution >= 4 is 53.9 Å². The summed E-state index contributed by atoms with van der Waals surface area (Å²) in [5, 5.41) is 8.91. The Kier molecular flexibility index (Phi) is 4.35. The SMILES string of the molecule is Nc1c(/N=N/c2ccc(Br)cc2)cc(S(=O)(=O)O)c2ccccc12. The second-order valence-corrected chi connectivity index (χ2v) is 7.31. The molecule has 0 saturated heterocycles. The zero-order chi connectivity index (χ0) is 17.3. The van der Waals surface area contributed by atoms with Crippen LogP contribution in [0.1, 0.15) is 0 Å². The Morgan fingerprint density at radius 3 is 2.21 bits per heavy atom. The van der Waals surface area contributed by atoms with Crippen LogP contribution in [0.4, 0.5) is 17.1 Å². The summed E-state index contributed by atoms with van der Waals surface area (Å²) >= 11 is 3.32. The maximum atomic E-state index is 11.7. The molecule has 0 spiro atoms. The maximum absolute atomic E-state index is 11.7. The van der Waals surface area contributed by atoms with Gasteiger partial charge in [0.25, 0.3) is 10.1 Å². The number of azo groups is 1. The van der Waals surface area contributed by atoms with E-state index in [2.05, 4.69) is 26.2 Å². The lowest BCUT2D eigenvalue weighted by molar-refractivity contribution is 0.484. The topological polar surface area (TPSA) is 105 Å². The molecule has 3 N–H and O–H groups in total. The van der Waals surface area contributed by atoms with Crippen LogP contribution in [-0.4, -0.2) is 13.0 Å². The van der Waals surface area contributed by atoms with Crippen molar-refractivity contribution in [2.45, 2.75) is 4.90 Å². The predicted octanol–water partition coefficient (Wildman–Crippen LogP) is 4.85. The van der Waals surface area contributed by atoms with E-state index >= 15 is 0 Å². The monoisotopic (exact) mass is 405 g/mol. The Morgan fingerprint density at radius 1 is 0.958 bits per heavy atom. The van der Waals surface area contributed by atoms with Crippen LogP contribution in [0.5, 0.6) is 0 Å². The number of hydrogen-bond donors (Lipinski definition) is 2. The number of halogens is 1. The van der Waals surface area contributed by atoms with Gasteiger partial charge in [0.15, 0.2) is 0 Å². The van der Waals surface area contributed by atoms with Crippen molar-refractivity contribution in [2.24, 2.45) is 10.2 Å². The molecule has 0 aliphatic rings. The molecule has 3 aromatic carbocycles. The number of nitrogens with zero attached hydrogens (tertiary/aromatic N) is 2. The Bertz CT molecular complexity index is 1050. The van der Waals surface area contributed by atoms with E-state index in [1.807, 2.05) is 12.1 Å². The third-order valence-electron chi connectivity index (χ3n) is 3.40. The largest absolute Gasteiger partial charge is 0.396 e. The van der Waals surface area contributed by atoms with E-state index in [1.54, 1.807) is 36.4 Å². The van der Waals surface area contributed by atoms with Gasteiger partial charge in [-0.05, 0) is 30.3 Å². The van der Waals surface area contributed by atoms with Crippen molar-refractivity contribution in [3.63, 3.8) is 0 Å². The van der Waals surface area contributed by atoms with Gasteiger partial charge in [-0.15, -0.1) is 5.11 Å². The Morgan fingerprint density at radius 2 is 1.58 bits per heavy atom. The number of anilines is 1. The number of fused-ring (bicyclic) bond motifs is 1. The number of benzene rings is 3. The highest BCUT2D eigenvalue weighted by atomic mass is 79.9. The first-order valence-electron chi connectivity index (χ1n) is 6.82. The molecule has 3 aromatic rings. The number of rotatable bonds is 3. The highest BCUT2D eigenvalue weighted by Gasteiger charge is 2.18. The van der Waals surface area contributed by atoms with Crippen molar-refractivity contribution in [2.75, 3.05) is 5.73 Å². The third kappa shape index (κ3) is 3.30. The van der Waals surface area contributed by atoms with Gasteiger partial charge in [0, 0.05) is 15.2 Å². The van der Waals surface area contributed by atoms with Crippen molar-refractivity contribution in [3.05, 3.63) is 59.1 Å². The average Bonchev–Trinajstić information content (AvgIpc) is 2.55. The molecule has 3 rings (SSSR count). The molecule has 122 valence electrons. The van der Waals surface area contributed by atoms with Crippen molar-refractivity contribution < 1.29 is 13.0 Å². The first kappa shape index (κ1) is 16.6. The molecule has 0 bridgehead atoms. The molecule has 0 aliphatic carbocycles. The third-order valence-corrected chi connectivity index (χ3v) is 4.83. The van der Waals surface area contributed by atoms with Gasteiger partial charge in [0.05, 0.1) is 11.4 Å². The molecule has 0 aliphatic heterocycles. The molecule has 0 heterocycles. The van der Waals surface area contributed by atoms with Crippen molar-refractivity contribution in [1.29, 1.82) is 0 Å². The predicted molar refractivity (Wildman–Crippen MR) is 96.5 cm³/mol. The smallest absolute Gasteiger partial charge is 0.295 e. The normalized spacial score (nSPS) is 12.1. The van der Waals surface area contributed by atoms with Gasteiger partial charge in [0.2, 0.25) is 0 Å². The molecule has 0 amide bonds. The summed E-state index contributed by atoms with van der Waals surface area (Å²) in [5.74, 6) is 0. The van der Waals surface area contributed by atoms with Crippen LogP contribution in [0.3, 0.4) is 0 Å². The van der Waals surface area contributed by atoms with E-state index < -0.39 is 10.1 Å². The van der Waals surface area contributed by atoms with E-state index in [9.17, 15) is 13.0 Å². The lowest BCUT2D eigenvalue weighted by Gasteiger charge is -2.09. The van der Waals surface area contributed by atoms with E-state index in [4.69, 9.17) is 5.73 Å². The minimum Gasteiger partial charge on any atom is -0.396 e. The minimum absolute atomic E-state index is 0.171. The molecule has 6 nitrogen and oxygen atoms in total. The van der Waals surface area contributed by atoms with E-state index in [1.165, 1.54) is 6.07 Å². The molecule has 0 aromatic heterocycles. The first-order valence-corrected chi connectivity index (χ1v) is 9.05. The van der Waals surface area contributed by atoms with Gasteiger partial charge < -0.3 is 5.73 Å². The molecule has 24 heavy (non-hydrogen) atoms. The fourth-order valence-corrected chi connectivity index (χ4v) is 3.25. The summed E-state index contributed by atoms with van der Waals surface area (Å²) in [6.45, 7) is 0. The molecular formula is C16H12BrN3O3S. The minimum atomic E-state index is -4.42. The van der Waals surface area contributed by atoms with E-state index in [0.29, 0.717) is 22.1 Å². The van der Waals surface area contributed by atoms with Gasteiger partial charge in [-0.2, -0.15) is 13.5 Å². The zero-order valence-electron chi connectivity index (χ0n) is 12.2. The molecule has 0 unspecified atom stereocenters. The summed E-state index contributed by atoms with van der Waals surface area (Å²) in [7, 11) is -4.42. The Labute approximate surface area is 146 Å². The summed E-state index contributed by atoms with van der Waals surface area (Å²) in [5.41, 5.74) is 7.13. The molecule has 0 fully saturated rings. The second kappa shape index (κ2) is 6.31. The van der Waals surface area contributed by atoms with Crippen LogP contribution in [0.15, 0.2) is 74.2 Å². The average molecular weight is 406 g/mol. The Balaban J connectivity index is 2.18. The molecule has 8 heteroatoms. The highest BCUT2D eigenvalue weighted by Crippen LogP contribution is 2.36. The molecule has 0 saturated carbocycles. The van der Waals surface area contributed by atoms with Crippen LogP contribution >= 0.6 is 15.9 Å². The van der Waals surface area contributed by atoms with E-state index in [-0.39, 0.29) is 10.6 Å². The lowest BCUT2D eigenvalue weighted by atomic mass is 10.1. The van der Waals surface area contributed by atoms with Crippen LogP contribution in [0, 0.1) is 0 Å². The van der Waals surface area contributed by atoms with Gasteiger partial charge in [-0.25, -0.2) is 0 Å². The highest BCUT2D eigenvalue weighted by molar-refractivity contribution is 9.10. The van der Waals surface area contributed by atoms with E-state index in [0.717, 1.165) is 4.47 Å². The fraction of sp³-hybridized carbons (Fsp3) is 0. The molecule has 0 atom stereocenters. The van der Waals surface area contributed by atoms with Gasteiger partial charge in [-0.1, -0.05) is 40.2 Å². The summed E-state index contributed by atoms with van der Waals surface area (Å²) in [4.78, 5) is -0.253. The summed E-state index contributed by atoms with van der Waals surface area (Å²) in [6, 6.07) is 15.0. The van der Waals surface area contributed by atoms with Crippen molar-refractivity contribution in [1.82, 2.24) is 0 Å². The Hall–Kier alpha value is -2.29. The number of nitrogen functional groups attached to an aromatic ring is 1.